The lowest BCUT2D eigenvalue weighted by atomic mass is 9.62. The molecule has 0 amide bonds. The summed E-state index contributed by atoms with van der Waals surface area (Å²) in [7, 11) is 0. The Morgan fingerprint density at radius 3 is 2.36 bits per heavy atom. The van der Waals surface area contributed by atoms with Gasteiger partial charge in [-0.2, -0.15) is 23.4 Å². The van der Waals surface area contributed by atoms with Crippen molar-refractivity contribution in [2.45, 2.75) is 23.9 Å². The van der Waals surface area contributed by atoms with Crippen molar-refractivity contribution in [3.63, 3.8) is 0 Å². The monoisotopic (exact) mass is 384 g/mol. The molecule has 2 unspecified atom stereocenters. The molecule has 28 heavy (non-hydrogen) atoms. The molecule has 1 aliphatic heterocycles. The van der Waals surface area contributed by atoms with Gasteiger partial charge in [0.05, 0.1) is 11.3 Å². The second-order valence-electron chi connectivity index (χ2n) is 6.94. The average Bonchev–Trinajstić information content (AvgIpc) is 2.74. The van der Waals surface area contributed by atoms with Crippen molar-refractivity contribution in [3.05, 3.63) is 89.5 Å². The summed E-state index contributed by atoms with van der Waals surface area (Å²) in [6, 6.07) is 13.1. The summed E-state index contributed by atoms with van der Waals surface area (Å²) in [5, 5.41) is 11.9. The van der Waals surface area contributed by atoms with Gasteiger partial charge in [-0.1, -0.05) is 12.1 Å². The van der Waals surface area contributed by atoms with Crippen LogP contribution >= 0.6 is 0 Å². The molecule has 4 rings (SSSR count). The molecule has 4 nitrogen and oxygen atoms in total. The minimum atomic E-state index is -4.35. The zero-order valence-corrected chi connectivity index (χ0v) is 15.0. The Morgan fingerprint density at radius 2 is 1.71 bits per heavy atom. The van der Waals surface area contributed by atoms with Gasteiger partial charge in [-0.15, -0.1) is 0 Å². The molecular formula is C21H19F3N4. The number of pyridine rings is 1. The van der Waals surface area contributed by atoms with E-state index in [1.807, 2.05) is 24.3 Å². The average molecular weight is 384 g/mol. The Bertz CT molecular complexity index is 872. The number of nitrogens with zero attached hydrogens (tertiary/aromatic N) is 3. The van der Waals surface area contributed by atoms with E-state index in [9.17, 15) is 13.2 Å². The number of hydrogen-bond acceptors (Lipinski definition) is 4. The first-order valence-electron chi connectivity index (χ1n) is 9.08. The van der Waals surface area contributed by atoms with Gasteiger partial charge in [-0.05, 0) is 60.5 Å². The maximum atomic E-state index is 13.0. The standard InChI is InChI=1S/C21H19F3N4/c22-21(23,24)17-5-3-15(4-6-17)18-14-26-13-9-20(18,16-7-11-25-12-8-16)19-2-1-10-27-28-19/h1-8,10-12,18,26H,9,13-14H2. The molecule has 144 valence electrons. The van der Waals surface area contributed by atoms with E-state index in [1.54, 1.807) is 30.7 Å². The van der Waals surface area contributed by atoms with Crippen LogP contribution in [0.4, 0.5) is 13.2 Å². The van der Waals surface area contributed by atoms with E-state index < -0.39 is 17.2 Å². The van der Waals surface area contributed by atoms with Crippen LogP contribution in [0.25, 0.3) is 0 Å². The summed E-state index contributed by atoms with van der Waals surface area (Å²) >= 11 is 0. The first-order valence-corrected chi connectivity index (χ1v) is 9.08. The molecule has 1 aliphatic rings. The SMILES string of the molecule is FC(F)(F)c1ccc(C2CNCCC2(c2ccncc2)c2cccnn2)cc1. The predicted molar refractivity (Wildman–Crippen MR) is 98.7 cm³/mol. The first-order chi connectivity index (χ1) is 13.5. The number of benzene rings is 1. The van der Waals surface area contributed by atoms with E-state index in [0.717, 1.165) is 41.9 Å². The molecule has 2 aromatic heterocycles. The molecule has 7 heteroatoms. The summed E-state index contributed by atoms with van der Waals surface area (Å²) in [6.45, 7) is 1.40. The summed E-state index contributed by atoms with van der Waals surface area (Å²) in [4.78, 5) is 4.12. The van der Waals surface area contributed by atoms with Crippen molar-refractivity contribution in [3.8, 4) is 0 Å². The van der Waals surface area contributed by atoms with Crippen LogP contribution in [0.5, 0.6) is 0 Å². The number of halogens is 3. The van der Waals surface area contributed by atoms with Gasteiger partial charge in [0.2, 0.25) is 0 Å². The molecular weight excluding hydrogens is 365 g/mol. The maximum absolute atomic E-state index is 13.0. The molecule has 0 saturated carbocycles. The number of piperidine rings is 1. The van der Waals surface area contributed by atoms with E-state index in [-0.39, 0.29) is 5.92 Å². The lowest BCUT2D eigenvalue weighted by Gasteiger charge is -2.44. The molecule has 3 aromatic rings. The fraction of sp³-hybridized carbons (Fsp3) is 0.286. The zero-order chi connectivity index (χ0) is 19.6. The van der Waals surface area contributed by atoms with Crippen LogP contribution in [0.1, 0.15) is 34.7 Å². The van der Waals surface area contributed by atoms with Crippen LogP contribution in [0.3, 0.4) is 0 Å². The van der Waals surface area contributed by atoms with Crippen molar-refractivity contribution in [2.75, 3.05) is 13.1 Å². The highest BCUT2D eigenvalue weighted by Crippen LogP contribution is 2.47. The Labute approximate surface area is 160 Å². The van der Waals surface area contributed by atoms with Gasteiger partial charge in [0.1, 0.15) is 0 Å². The molecule has 0 bridgehead atoms. The van der Waals surface area contributed by atoms with Crippen molar-refractivity contribution >= 4 is 0 Å². The second kappa shape index (κ2) is 7.31. The minimum Gasteiger partial charge on any atom is -0.316 e. The third kappa shape index (κ3) is 3.26. The van der Waals surface area contributed by atoms with E-state index in [2.05, 4.69) is 20.5 Å². The summed E-state index contributed by atoms with van der Waals surface area (Å²) < 4.78 is 39.0. The normalized spacial score (nSPS) is 22.8. The topological polar surface area (TPSA) is 50.7 Å². The molecule has 1 saturated heterocycles. The van der Waals surface area contributed by atoms with Crippen molar-refractivity contribution in [2.24, 2.45) is 0 Å². The van der Waals surface area contributed by atoms with Crippen molar-refractivity contribution < 1.29 is 13.2 Å². The van der Waals surface area contributed by atoms with Crippen LogP contribution in [0, 0.1) is 0 Å². The molecule has 2 atom stereocenters. The van der Waals surface area contributed by atoms with Crippen LogP contribution in [-0.4, -0.2) is 28.3 Å². The third-order valence-electron chi connectivity index (χ3n) is 5.50. The Kier molecular flexibility index (Phi) is 4.85. The molecule has 0 aliphatic carbocycles. The van der Waals surface area contributed by atoms with Crippen LogP contribution in [0.15, 0.2) is 67.1 Å². The van der Waals surface area contributed by atoms with E-state index in [1.165, 1.54) is 0 Å². The summed E-state index contributed by atoms with van der Waals surface area (Å²) in [6.07, 6.45) is 1.49. The van der Waals surface area contributed by atoms with Gasteiger partial charge < -0.3 is 5.32 Å². The number of rotatable bonds is 3. The molecule has 0 spiro atoms. The van der Waals surface area contributed by atoms with Crippen molar-refractivity contribution in [1.82, 2.24) is 20.5 Å². The van der Waals surface area contributed by atoms with Gasteiger partial charge >= 0.3 is 6.18 Å². The largest absolute Gasteiger partial charge is 0.416 e. The van der Waals surface area contributed by atoms with Gasteiger partial charge in [-0.25, -0.2) is 0 Å². The van der Waals surface area contributed by atoms with Crippen LogP contribution in [-0.2, 0) is 11.6 Å². The number of aromatic nitrogens is 3. The minimum absolute atomic E-state index is 0.0948. The van der Waals surface area contributed by atoms with Crippen LogP contribution in [0.2, 0.25) is 0 Å². The molecule has 0 radical (unpaired) electrons. The molecule has 1 fully saturated rings. The highest BCUT2D eigenvalue weighted by atomic mass is 19.4. The Balaban J connectivity index is 1.86. The van der Waals surface area contributed by atoms with Crippen molar-refractivity contribution in [1.29, 1.82) is 0 Å². The van der Waals surface area contributed by atoms with Crippen LogP contribution < -0.4 is 5.32 Å². The molecule has 1 aromatic carbocycles. The summed E-state index contributed by atoms with van der Waals surface area (Å²) in [5.74, 6) is -0.0948. The van der Waals surface area contributed by atoms with Gasteiger partial charge in [0.15, 0.2) is 0 Å². The smallest absolute Gasteiger partial charge is 0.316 e. The lowest BCUT2D eigenvalue weighted by molar-refractivity contribution is -0.137. The third-order valence-corrected chi connectivity index (χ3v) is 5.50. The number of nitrogens with one attached hydrogen (secondary N) is 1. The highest BCUT2D eigenvalue weighted by Gasteiger charge is 2.46. The van der Waals surface area contributed by atoms with Gasteiger partial charge in [0, 0.05) is 36.5 Å². The second-order valence-corrected chi connectivity index (χ2v) is 6.94. The van der Waals surface area contributed by atoms with E-state index >= 15 is 0 Å². The molecule has 3 heterocycles. The van der Waals surface area contributed by atoms with Gasteiger partial charge in [-0.3, -0.25) is 4.98 Å². The fourth-order valence-corrected chi connectivity index (χ4v) is 4.18. The van der Waals surface area contributed by atoms with Gasteiger partial charge in [0.25, 0.3) is 0 Å². The number of alkyl halides is 3. The van der Waals surface area contributed by atoms with E-state index in [4.69, 9.17) is 0 Å². The Hall–Kier alpha value is -2.80. The Morgan fingerprint density at radius 1 is 0.964 bits per heavy atom. The quantitative estimate of drug-likeness (QED) is 0.743. The van der Waals surface area contributed by atoms with E-state index in [0.29, 0.717) is 6.54 Å². The number of hydrogen-bond donors (Lipinski definition) is 1. The fourth-order valence-electron chi connectivity index (χ4n) is 4.18. The lowest BCUT2D eigenvalue weighted by Crippen LogP contribution is -2.48. The summed E-state index contributed by atoms with van der Waals surface area (Å²) in [5.41, 5.74) is 1.54. The molecule has 1 N–H and O–H groups in total. The maximum Gasteiger partial charge on any atom is 0.416 e. The zero-order valence-electron chi connectivity index (χ0n) is 15.0. The highest BCUT2D eigenvalue weighted by molar-refractivity contribution is 5.43. The first kappa shape index (κ1) is 18.6. The predicted octanol–water partition coefficient (Wildman–Crippen LogP) is 3.95.